The number of carboxylic acids is 1. The normalized spacial score (nSPS) is 17.9. The van der Waals surface area contributed by atoms with E-state index in [2.05, 4.69) is 5.32 Å². The Balaban J connectivity index is 2.08. The summed E-state index contributed by atoms with van der Waals surface area (Å²) >= 11 is 3.86. The smallest absolute Gasteiger partial charge is 0.305 e. The SMILES string of the molecule is CC(C)C(C)(CC(=O)O)NC(=O)c1ccc(C2SCCS2)cc1. The van der Waals surface area contributed by atoms with E-state index in [1.807, 2.05) is 61.6 Å². The zero-order valence-corrected chi connectivity index (χ0v) is 15.3. The van der Waals surface area contributed by atoms with E-state index in [4.69, 9.17) is 5.11 Å². The van der Waals surface area contributed by atoms with E-state index in [1.54, 1.807) is 6.92 Å². The first-order chi connectivity index (χ1) is 10.8. The third-order valence-corrected chi connectivity index (χ3v) is 7.36. The Morgan fingerprint density at radius 1 is 1.26 bits per heavy atom. The second-order valence-electron chi connectivity index (χ2n) is 6.29. The quantitative estimate of drug-likeness (QED) is 0.814. The highest BCUT2D eigenvalue weighted by molar-refractivity contribution is 8.19. The van der Waals surface area contributed by atoms with Gasteiger partial charge in [-0.1, -0.05) is 26.0 Å². The number of nitrogens with one attached hydrogen (secondary N) is 1. The zero-order chi connectivity index (χ0) is 17.0. The van der Waals surface area contributed by atoms with Crippen LogP contribution in [-0.2, 0) is 4.79 Å². The number of hydrogen-bond acceptors (Lipinski definition) is 4. The van der Waals surface area contributed by atoms with Crippen LogP contribution in [0, 0.1) is 5.92 Å². The first kappa shape index (κ1) is 18.2. The van der Waals surface area contributed by atoms with Crippen LogP contribution >= 0.6 is 23.5 Å². The van der Waals surface area contributed by atoms with Crippen molar-refractivity contribution in [1.82, 2.24) is 5.32 Å². The third kappa shape index (κ3) is 4.67. The van der Waals surface area contributed by atoms with Crippen molar-refractivity contribution in [1.29, 1.82) is 0 Å². The predicted octanol–water partition coefficient (Wildman–Crippen LogP) is 3.78. The number of thioether (sulfide) groups is 2. The summed E-state index contributed by atoms with van der Waals surface area (Å²) in [6, 6.07) is 7.64. The standard InChI is InChI=1S/C17H23NO3S2/c1-11(2)17(3,10-14(19)20)18-15(21)12-4-6-13(7-5-12)16-22-8-9-23-16/h4-7,11,16H,8-10H2,1-3H3,(H,18,21)(H,19,20). The average Bonchev–Trinajstić information content (AvgIpc) is 3.00. The molecule has 4 nitrogen and oxygen atoms in total. The highest BCUT2D eigenvalue weighted by Gasteiger charge is 2.33. The molecular weight excluding hydrogens is 330 g/mol. The van der Waals surface area contributed by atoms with Gasteiger partial charge < -0.3 is 10.4 Å². The van der Waals surface area contributed by atoms with Crippen molar-refractivity contribution < 1.29 is 14.7 Å². The van der Waals surface area contributed by atoms with Gasteiger partial charge in [-0.15, -0.1) is 23.5 Å². The van der Waals surface area contributed by atoms with Crippen molar-refractivity contribution in [2.24, 2.45) is 5.92 Å². The van der Waals surface area contributed by atoms with Gasteiger partial charge in [-0.3, -0.25) is 9.59 Å². The topological polar surface area (TPSA) is 66.4 Å². The summed E-state index contributed by atoms with van der Waals surface area (Å²) < 4.78 is 0.458. The van der Waals surface area contributed by atoms with E-state index in [9.17, 15) is 9.59 Å². The second-order valence-corrected chi connectivity index (χ2v) is 9.02. The van der Waals surface area contributed by atoms with Gasteiger partial charge in [0.2, 0.25) is 0 Å². The summed E-state index contributed by atoms with van der Waals surface area (Å²) in [5.74, 6) is 1.22. The Hall–Kier alpha value is -1.14. The molecule has 6 heteroatoms. The van der Waals surface area contributed by atoms with Crippen LogP contribution in [0.25, 0.3) is 0 Å². The van der Waals surface area contributed by atoms with Gasteiger partial charge in [0.05, 0.1) is 16.5 Å². The highest BCUT2D eigenvalue weighted by Crippen LogP contribution is 2.45. The van der Waals surface area contributed by atoms with E-state index in [-0.39, 0.29) is 18.2 Å². The Bertz CT molecular complexity index is 568. The van der Waals surface area contributed by atoms with Gasteiger partial charge in [0, 0.05) is 17.1 Å². The minimum Gasteiger partial charge on any atom is -0.481 e. The molecule has 1 aromatic rings. The van der Waals surface area contributed by atoms with Crippen LogP contribution in [0.15, 0.2) is 24.3 Å². The molecule has 1 heterocycles. The molecule has 0 spiro atoms. The first-order valence-electron chi connectivity index (χ1n) is 7.69. The molecule has 0 bridgehead atoms. The van der Waals surface area contributed by atoms with Crippen molar-refractivity contribution in [3.05, 3.63) is 35.4 Å². The van der Waals surface area contributed by atoms with Crippen LogP contribution in [0.2, 0.25) is 0 Å². The lowest BCUT2D eigenvalue weighted by Gasteiger charge is -2.33. The maximum absolute atomic E-state index is 12.5. The third-order valence-electron chi connectivity index (χ3n) is 4.26. The Morgan fingerprint density at radius 3 is 2.30 bits per heavy atom. The summed E-state index contributed by atoms with van der Waals surface area (Å²) in [4.78, 5) is 23.5. The number of hydrogen-bond donors (Lipinski definition) is 2. The Labute approximate surface area is 145 Å². The first-order valence-corrected chi connectivity index (χ1v) is 9.79. The molecule has 126 valence electrons. The maximum Gasteiger partial charge on any atom is 0.305 e. The Morgan fingerprint density at radius 2 is 1.83 bits per heavy atom. The fraction of sp³-hybridized carbons (Fsp3) is 0.529. The van der Waals surface area contributed by atoms with Gasteiger partial charge in [-0.25, -0.2) is 0 Å². The largest absolute Gasteiger partial charge is 0.481 e. The number of carbonyl (C=O) groups excluding carboxylic acids is 1. The molecule has 2 rings (SSSR count). The number of benzene rings is 1. The highest BCUT2D eigenvalue weighted by atomic mass is 32.2. The second kappa shape index (κ2) is 7.62. The van der Waals surface area contributed by atoms with Crippen molar-refractivity contribution in [2.45, 2.75) is 37.3 Å². The zero-order valence-electron chi connectivity index (χ0n) is 13.7. The summed E-state index contributed by atoms with van der Waals surface area (Å²) in [7, 11) is 0. The minimum atomic E-state index is -0.910. The monoisotopic (exact) mass is 353 g/mol. The van der Waals surface area contributed by atoms with Crippen LogP contribution in [0.3, 0.4) is 0 Å². The molecule has 23 heavy (non-hydrogen) atoms. The lowest BCUT2D eigenvalue weighted by Crippen LogP contribution is -2.51. The molecule has 1 aliphatic rings. The fourth-order valence-corrected chi connectivity index (χ4v) is 5.24. The molecule has 1 fully saturated rings. The van der Waals surface area contributed by atoms with Gasteiger partial charge in [0.1, 0.15) is 0 Å². The molecule has 1 saturated heterocycles. The fourth-order valence-electron chi connectivity index (χ4n) is 2.38. The van der Waals surface area contributed by atoms with Crippen molar-refractivity contribution in [3.8, 4) is 0 Å². The van der Waals surface area contributed by atoms with Crippen LogP contribution in [0.5, 0.6) is 0 Å². The lowest BCUT2D eigenvalue weighted by atomic mass is 9.85. The molecule has 0 aromatic heterocycles. The number of carbonyl (C=O) groups is 2. The maximum atomic E-state index is 12.5. The Kier molecular flexibility index (Phi) is 6.03. The number of amides is 1. The molecule has 1 amide bonds. The van der Waals surface area contributed by atoms with Gasteiger partial charge in [-0.05, 0) is 30.5 Å². The number of carboxylic acid groups (broad SMARTS) is 1. The number of aliphatic carboxylic acids is 1. The average molecular weight is 354 g/mol. The molecule has 0 radical (unpaired) electrons. The number of rotatable bonds is 6. The van der Waals surface area contributed by atoms with Crippen LogP contribution in [0.4, 0.5) is 0 Å². The van der Waals surface area contributed by atoms with Gasteiger partial charge >= 0.3 is 5.97 Å². The van der Waals surface area contributed by atoms with E-state index < -0.39 is 11.5 Å². The van der Waals surface area contributed by atoms with E-state index in [0.29, 0.717) is 10.1 Å². The van der Waals surface area contributed by atoms with Crippen LogP contribution < -0.4 is 5.32 Å². The van der Waals surface area contributed by atoms with Gasteiger partial charge in [0.15, 0.2) is 0 Å². The lowest BCUT2D eigenvalue weighted by molar-refractivity contribution is -0.138. The predicted molar refractivity (Wildman–Crippen MR) is 97.1 cm³/mol. The van der Waals surface area contributed by atoms with Crippen LogP contribution in [-0.4, -0.2) is 34.0 Å². The van der Waals surface area contributed by atoms with Crippen molar-refractivity contribution in [3.63, 3.8) is 0 Å². The minimum absolute atomic E-state index is 0.0214. The molecule has 1 aliphatic heterocycles. The van der Waals surface area contributed by atoms with Gasteiger partial charge in [-0.2, -0.15) is 0 Å². The molecule has 1 aromatic carbocycles. The van der Waals surface area contributed by atoms with E-state index in [0.717, 1.165) is 0 Å². The van der Waals surface area contributed by atoms with Crippen LogP contribution in [0.1, 0.15) is 47.7 Å². The van der Waals surface area contributed by atoms with E-state index in [1.165, 1.54) is 17.1 Å². The van der Waals surface area contributed by atoms with E-state index >= 15 is 0 Å². The van der Waals surface area contributed by atoms with Crippen molar-refractivity contribution in [2.75, 3.05) is 11.5 Å². The van der Waals surface area contributed by atoms with Gasteiger partial charge in [0.25, 0.3) is 5.91 Å². The molecule has 1 unspecified atom stereocenters. The molecule has 0 saturated carbocycles. The molecular formula is C17H23NO3S2. The summed E-state index contributed by atoms with van der Waals surface area (Å²) in [5, 5.41) is 12.0. The molecule has 0 aliphatic carbocycles. The summed E-state index contributed by atoms with van der Waals surface area (Å²) in [5.41, 5.74) is 1.03. The summed E-state index contributed by atoms with van der Waals surface area (Å²) in [6.07, 6.45) is -0.0934. The molecule has 1 atom stereocenters. The molecule has 2 N–H and O–H groups in total. The summed E-state index contributed by atoms with van der Waals surface area (Å²) in [6.45, 7) is 5.62. The van der Waals surface area contributed by atoms with Crippen molar-refractivity contribution >= 4 is 35.4 Å².